The smallest absolute Gasteiger partial charge is 0.370 e. The summed E-state index contributed by atoms with van der Waals surface area (Å²) in [5.74, 6) is 0.0175. The Morgan fingerprint density at radius 2 is 2.12 bits per heavy atom. The van der Waals surface area contributed by atoms with Crippen molar-refractivity contribution in [2.75, 3.05) is 18.0 Å². The number of Topliss-reactive ketones (excluding diaryl/α,β-unsaturated/α-hetero) is 1. The third-order valence-corrected chi connectivity index (χ3v) is 2.86. The summed E-state index contributed by atoms with van der Waals surface area (Å²) in [7, 11) is 0. The number of carbonyl (C=O) groups is 1. The molecule has 6 heteroatoms. The summed E-state index contributed by atoms with van der Waals surface area (Å²) in [5, 5.41) is 0. The minimum Gasteiger partial charge on any atom is -0.370 e. The Morgan fingerprint density at radius 3 is 2.65 bits per heavy atom. The first-order chi connectivity index (χ1) is 7.88. The molecule has 0 N–H and O–H groups in total. The van der Waals surface area contributed by atoms with Crippen LogP contribution in [0.3, 0.4) is 0 Å². The monoisotopic (exact) mass is 244 g/mol. The molecule has 0 unspecified atom stereocenters. The van der Waals surface area contributed by atoms with Gasteiger partial charge in [0.25, 0.3) is 0 Å². The van der Waals surface area contributed by atoms with Crippen molar-refractivity contribution >= 4 is 11.5 Å². The zero-order valence-corrected chi connectivity index (χ0v) is 9.16. The first-order valence-electron chi connectivity index (χ1n) is 5.16. The van der Waals surface area contributed by atoms with Gasteiger partial charge in [-0.25, -0.2) is 0 Å². The highest BCUT2D eigenvalue weighted by atomic mass is 19.4. The first kappa shape index (κ1) is 11.9. The van der Waals surface area contributed by atoms with E-state index in [9.17, 15) is 18.0 Å². The summed E-state index contributed by atoms with van der Waals surface area (Å²) in [5.41, 5.74) is -0.439. The number of hydrogen-bond donors (Lipinski definition) is 0. The number of nitrogens with zero attached hydrogens (tertiary/aromatic N) is 2. The summed E-state index contributed by atoms with van der Waals surface area (Å²) < 4.78 is 37.3. The van der Waals surface area contributed by atoms with Crippen LogP contribution in [0.5, 0.6) is 0 Å². The summed E-state index contributed by atoms with van der Waals surface area (Å²) in [6, 6.07) is 2.53. The average molecular weight is 244 g/mol. The minimum atomic E-state index is -4.43. The van der Waals surface area contributed by atoms with Crippen molar-refractivity contribution in [3.8, 4) is 0 Å². The number of rotatable bonds is 2. The van der Waals surface area contributed by atoms with Gasteiger partial charge in [0.1, 0.15) is 11.5 Å². The SMILES string of the molecule is CC(=O)C1CN(c2ccnc(C(F)(F)F)c2)C1. The molecule has 1 aliphatic heterocycles. The van der Waals surface area contributed by atoms with E-state index < -0.39 is 11.9 Å². The van der Waals surface area contributed by atoms with Crippen molar-refractivity contribution in [1.29, 1.82) is 0 Å². The lowest BCUT2D eigenvalue weighted by Crippen LogP contribution is -2.49. The molecule has 0 aromatic carbocycles. The second-order valence-electron chi connectivity index (χ2n) is 4.11. The van der Waals surface area contributed by atoms with Gasteiger partial charge in [-0.1, -0.05) is 0 Å². The standard InChI is InChI=1S/C11H11F3N2O/c1-7(17)8-5-16(6-8)9-2-3-15-10(4-9)11(12,13)14/h2-4,8H,5-6H2,1H3. The molecule has 0 radical (unpaired) electrons. The Hall–Kier alpha value is -1.59. The van der Waals surface area contributed by atoms with Gasteiger partial charge in [-0.2, -0.15) is 13.2 Å². The lowest BCUT2D eigenvalue weighted by molar-refractivity contribution is -0.141. The Balaban J connectivity index is 2.11. The van der Waals surface area contributed by atoms with E-state index >= 15 is 0 Å². The van der Waals surface area contributed by atoms with Crippen LogP contribution in [0.4, 0.5) is 18.9 Å². The summed E-state index contributed by atoms with van der Waals surface area (Å²) in [4.78, 5) is 16.0. The van der Waals surface area contributed by atoms with Crippen molar-refractivity contribution in [3.05, 3.63) is 24.0 Å². The fraction of sp³-hybridized carbons (Fsp3) is 0.455. The van der Waals surface area contributed by atoms with Crippen molar-refractivity contribution in [3.63, 3.8) is 0 Å². The Labute approximate surface area is 96.3 Å². The molecular weight excluding hydrogens is 233 g/mol. The molecule has 0 atom stereocenters. The predicted octanol–water partition coefficient (Wildman–Crippen LogP) is 2.13. The number of pyridine rings is 1. The van der Waals surface area contributed by atoms with E-state index in [2.05, 4.69) is 4.98 Å². The van der Waals surface area contributed by atoms with E-state index in [-0.39, 0.29) is 11.7 Å². The predicted molar refractivity (Wildman–Crippen MR) is 55.6 cm³/mol. The van der Waals surface area contributed by atoms with Crippen molar-refractivity contribution in [2.24, 2.45) is 5.92 Å². The molecule has 1 saturated heterocycles. The highest BCUT2D eigenvalue weighted by Crippen LogP contribution is 2.31. The largest absolute Gasteiger partial charge is 0.433 e. The van der Waals surface area contributed by atoms with E-state index in [0.717, 1.165) is 12.3 Å². The van der Waals surface area contributed by atoms with Crippen LogP contribution in [0.25, 0.3) is 0 Å². The minimum absolute atomic E-state index is 0.0579. The third-order valence-electron chi connectivity index (χ3n) is 2.86. The van der Waals surface area contributed by atoms with Gasteiger partial charge in [-0.05, 0) is 19.1 Å². The van der Waals surface area contributed by atoms with Gasteiger partial charge in [0.15, 0.2) is 0 Å². The van der Waals surface area contributed by atoms with E-state index in [0.29, 0.717) is 18.8 Å². The van der Waals surface area contributed by atoms with Gasteiger partial charge >= 0.3 is 6.18 Å². The Morgan fingerprint density at radius 1 is 1.47 bits per heavy atom. The fourth-order valence-corrected chi connectivity index (χ4v) is 1.72. The molecule has 0 amide bonds. The Kier molecular flexibility index (Phi) is 2.81. The lowest BCUT2D eigenvalue weighted by atomic mass is 9.95. The first-order valence-corrected chi connectivity index (χ1v) is 5.16. The number of carbonyl (C=O) groups excluding carboxylic acids is 1. The van der Waals surface area contributed by atoms with Gasteiger partial charge in [0.05, 0.1) is 5.92 Å². The summed E-state index contributed by atoms with van der Waals surface area (Å²) >= 11 is 0. The van der Waals surface area contributed by atoms with Crippen LogP contribution in [0, 0.1) is 5.92 Å². The number of anilines is 1. The van der Waals surface area contributed by atoms with E-state index in [1.807, 2.05) is 0 Å². The van der Waals surface area contributed by atoms with Crippen LogP contribution in [0.2, 0.25) is 0 Å². The van der Waals surface area contributed by atoms with Crippen LogP contribution >= 0.6 is 0 Å². The molecule has 0 bridgehead atoms. The van der Waals surface area contributed by atoms with Gasteiger partial charge in [0, 0.05) is 25.0 Å². The average Bonchev–Trinajstić information content (AvgIpc) is 2.13. The van der Waals surface area contributed by atoms with Crippen LogP contribution in [-0.4, -0.2) is 23.9 Å². The highest BCUT2D eigenvalue weighted by Gasteiger charge is 2.35. The molecule has 1 fully saturated rings. The van der Waals surface area contributed by atoms with E-state index in [4.69, 9.17) is 0 Å². The van der Waals surface area contributed by atoms with E-state index in [1.54, 1.807) is 4.90 Å². The fourth-order valence-electron chi connectivity index (χ4n) is 1.72. The van der Waals surface area contributed by atoms with Crippen molar-refractivity contribution in [1.82, 2.24) is 4.98 Å². The molecule has 0 saturated carbocycles. The molecule has 92 valence electrons. The molecule has 0 spiro atoms. The van der Waals surface area contributed by atoms with Crippen LogP contribution in [0.15, 0.2) is 18.3 Å². The zero-order chi connectivity index (χ0) is 12.6. The van der Waals surface area contributed by atoms with Crippen LogP contribution in [-0.2, 0) is 11.0 Å². The maximum absolute atomic E-state index is 12.4. The second-order valence-corrected chi connectivity index (χ2v) is 4.11. The van der Waals surface area contributed by atoms with Crippen LogP contribution in [0.1, 0.15) is 12.6 Å². The van der Waals surface area contributed by atoms with Gasteiger partial charge in [0.2, 0.25) is 0 Å². The number of aromatic nitrogens is 1. The summed E-state index contributed by atoms with van der Waals surface area (Å²) in [6.45, 7) is 2.46. The molecule has 3 nitrogen and oxygen atoms in total. The number of alkyl halides is 3. The lowest BCUT2D eigenvalue weighted by Gasteiger charge is -2.39. The van der Waals surface area contributed by atoms with Crippen LogP contribution < -0.4 is 4.90 Å². The maximum atomic E-state index is 12.4. The number of halogens is 3. The normalized spacial score (nSPS) is 16.8. The zero-order valence-electron chi connectivity index (χ0n) is 9.16. The topological polar surface area (TPSA) is 33.2 Å². The molecular formula is C11H11F3N2O. The molecule has 17 heavy (non-hydrogen) atoms. The maximum Gasteiger partial charge on any atom is 0.433 e. The number of ketones is 1. The van der Waals surface area contributed by atoms with Crippen molar-refractivity contribution in [2.45, 2.75) is 13.1 Å². The number of hydrogen-bond acceptors (Lipinski definition) is 3. The van der Waals surface area contributed by atoms with Crippen molar-refractivity contribution < 1.29 is 18.0 Å². The molecule has 2 rings (SSSR count). The molecule has 0 aliphatic carbocycles. The summed E-state index contributed by atoms with van der Waals surface area (Å²) in [6.07, 6.45) is -3.29. The Bertz CT molecular complexity index is 439. The van der Waals surface area contributed by atoms with Gasteiger partial charge in [-0.3, -0.25) is 9.78 Å². The molecule has 1 aromatic rings. The highest BCUT2D eigenvalue weighted by molar-refractivity contribution is 5.81. The molecule has 2 heterocycles. The molecule has 1 aromatic heterocycles. The van der Waals surface area contributed by atoms with Gasteiger partial charge in [-0.15, -0.1) is 0 Å². The molecule has 1 aliphatic rings. The second kappa shape index (κ2) is 4.01. The van der Waals surface area contributed by atoms with E-state index in [1.165, 1.54) is 13.0 Å². The quantitative estimate of drug-likeness (QED) is 0.799. The third kappa shape index (κ3) is 2.40. The van der Waals surface area contributed by atoms with Gasteiger partial charge < -0.3 is 4.90 Å².